The van der Waals surface area contributed by atoms with Crippen molar-refractivity contribution in [3.05, 3.63) is 29.6 Å². The Bertz CT molecular complexity index is 444. The van der Waals surface area contributed by atoms with E-state index in [-0.39, 0.29) is 24.9 Å². The van der Waals surface area contributed by atoms with Gasteiger partial charge in [-0.05, 0) is 11.6 Å². The summed E-state index contributed by atoms with van der Waals surface area (Å²) in [6.07, 6.45) is 0.0496. The van der Waals surface area contributed by atoms with Gasteiger partial charge in [-0.1, -0.05) is 6.07 Å². The zero-order chi connectivity index (χ0) is 13.1. The molecule has 0 bridgehead atoms. The third kappa shape index (κ3) is 2.61. The van der Waals surface area contributed by atoms with Gasteiger partial charge in [-0.2, -0.15) is 0 Å². The Kier molecular flexibility index (Phi) is 3.81. The van der Waals surface area contributed by atoms with Crippen molar-refractivity contribution in [2.75, 3.05) is 26.8 Å². The topological polar surface area (TPSA) is 49.8 Å². The van der Waals surface area contributed by atoms with Gasteiger partial charge in [0.1, 0.15) is 11.6 Å². The van der Waals surface area contributed by atoms with Crippen LogP contribution in [0.4, 0.5) is 4.39 Å². The van der Waals surface area contributed by atoms with Crippen LogP contribution in [-0.2, 0) is 11.2 Å². The van der Waals surface area contributed by atoms with Gasteiger partial charge >= 0.3 is 0 Å². The van der Waals surface area contributed by atoms with Gasteiger partial charge in [-0.25, -0.2) is 4.39 Å². The van der Waals surface area contributed by atoms with Crippen LogP contribution in [0.25, 0.3) is 0 Å². The molecular weight excluding hydrogens is 237 g/mol. The molecule has 1 aliphatic rings. The number of rotatable bonds is 4. The molecule has 1 aromatic carbocycles. The Morgan fingerprint density at radius 2 is 2.28 bits per heavy atom. The molecule has 0 saturated carbocycles. The first kappa shape index (κ1) is 12.8. The molecule has 5 heteroatoms. The zero-order valence-electron chi connectivity index (χ0n) is 10.2. The number of hydrogen-bond acceptors (Lipinski definition) is 3. The van der Waals surface area contributed by atoms with E-state index in [2.05, 4.69) is 0 Å². The molecule has 98 valence electrons. The second-order valence-corrected chi connectivity index (χ2v) is 4.48. The van der Waals surface area contributed by atoms with E-state index >= 15 is 0 Å². The monoisotopic (exact) mass is 253 g/mol. The molecule has 0 atom stereocenters. The van der Waals surface area contributed by atoms with Crippen LogP contribution in [0.5, 0.6) is 5.75 Å². The number of amides is 1. The molecule has 0 aliphatic carbocycles. The van der Waals surface area contributed by atoms with Crippen molar-refractivity contribution in [2.45, 2.75) is 6.42 Å². The van der Waals surface area contributed by atoms with Crippen molar-refractivity contribution in [1.82, 2.24) is 4.90 Å². The largest absolute Gasteiger partial charge is 0.497 e. The predicted octanol–water partition coefficient (Wildman–Crippen LogP) is 0.827. The van der Waals surface area contributed by atoms with Crippen molar-refractivity contribution in [2.24, 2.45) is 5.92 Å². The van der Waals surface area contributed by atoms with Crippen LogP contribution in [0.15, 0.2) is 18.2 Å². The summed E-state index contributed by atoms with van der Waals surface area (Å²) in [5, 5.41) is 8.87. The van der Waals surface area contributed by atoms with Crippen LogP contribution in [0.1, 0.15) is 5.56 Å². The predicted molar refractivity (Wildman–Crippen MR) is 63.8 cm³/mol. The average molecular weight is 253 g/mol. The maximum absolute atomic E-state index is 13.6. The van der Waals surface area contributed by atoms with E-state index in [1.54, 1.807) is 17.0 Å². The summed E-state index contributed by atoms with van der Waals surface area (Å²) in [5.41, 5.74) is 0.369. The van der Waals surface area contributed by atoms with Gasteiger partial charge in [0, 0.05) is 31.7 Å². The second kappa shape index (κ2) is 5.35. The highest BCUT2D eigenvalue weighted by atomic mass is 19.1. The highest BCUT2D eigenvalue weighted by Gasteiger charge is 2.29. The molecular formula is C13H16FNO3. The Morgan fingerprint density at radius 1 is 1.56 bits per heavy atom. The third-order valence-electron chi connectivity index (χ3n) is 3.17. The summed E-state index contributed by atoms with van der Waals surface area (Å²) in [6, 6.07) is 4.48. The lowest BCUT2D eigenvalue weighted by atomic mass is 10.00. The molecule has 1 N–H and O–H groups in total. The number of benzene rings is 1. The molecule has 0 unspecified atom stereocenters. The van der Waals surface area contributed by atoms with Gasteiger partial charge in [-0.15, -0.1) is 0 Å². The summed E-state index contributed by atoms with van der Waals surface area (Å²) >= 11 is 0. The van der Waals surface area contributed by atoms with Gasteiger partial charge in [0.15, 0.2) is 0 Å². The fraction of sp³-hybridized carbons (Fsp3) is 0.462. The normalized spacial score (nSPS) is 15.4. The molecule has 1 heterocycles. The van der Waals surface area contributed by atoms with Crippen LogP contribution >= 0.6 is 0 Å². The minimum absolute atomic E-state index is 0.0496. The summed E-state index contributed by atoms with van der Waals surface area (Å²) < 4.78 is 18.5. The molecule has 18 heavy (non-hydrogen) atoms. The summed E-state index contributed by atoms with van der Waals surface area (Å²) in [6.45, 7) is 1.22. The van der Waals surface area contributed by atoms with Crippen LogP contribution in [-0.4, -0.2) is 42.7 Å². The fourth-order valence-electron chi connectivity index (χ4n) is 1.96. The Labute approximate surface area is 105 Å². The average Bonchev–Trinajstić information content (AvgIpc) is 2.30. The van der Waals surface area contributed by atoms with E-state index in [1.807, 2.05) is 0 Å². The van der Waals surface area contributed by atoms with Gasteiger partial charge in [0.2, 0.25) is 5.91 Å². The van der Waals surface area contributed by atoms with Gasteiger partial charge in [-0.3, -0.25) is 4.79 Å². The van der Waals surface area contributed by atoms with Crippen molar-refractivity contribution in [3.8, 4) is 5.75 Å². The van der Waals surface area contributed by atoms with E-state index in [1.165, 1.54) is 13.2 Å². The standard InChI is InChI=1S/C13H16FNO3/c1-18-11-3-2-10(12(14)5-11)4-13(17)15-6-9(7-15)8-16/h2-3,5,9,16H,4,6-8H2,1H3. The molecule has 4 nitrogen and oxygen atoms in total. The molecule has 0 radical (unpaired) electrons. The lowest BCUT2D eigenvalue weighted by Gasteiger charge is -2.38. The van der Waals surface area contributed by atoms with Crippen LogP contribution in [0.2, 0.25) is 0 Å². The Balaban J connectivity index is 1.95. The van der Waals surface area contributed by atoms with Crippen molar-refractivity contribution >= 4 is 5.91 Å². The summed E-state index contributed by atoms with van der Waals surface area (Å²) in [7, 11) is 1.47. The van der Waals surface area contributed by atoms with E-state index in [4.69, 9.17) is 9.84 Å². The Morgan fingerprint density at radius 3 is 2.83 bits per heavy atom. The van der Waals surface area contributed by atoms with Gasteiger partial charge < -0.3 is 14.7 Å². The first-order valence-electron chi connectivity index (χ1n) is 5.85. The van der Waals surface area contributed by atoms with Crippen LogP contribution < -0.4 is 4.74 Å². The first-order chi connectivity index (χ1) is 8.63. The SMILES string of the molecule is COc1ccc(CC(=O)N2CC(CO)C2)c(F)c1. The summed E-state index contributed by atoms with van der Waals surface area (Å²) in [5.74, 6) is 0.0772. The highest BCUT2D eigenvalue weighted by Crippen LogP contribution is 2.20. The van der Waals surface area contributed by atoms with Crippen LogP contribution in [0.3, 0.4) is 0 Å². The maximum Gasteiger partial charge on any atom is 0.227 e. The molecule has 1 fully saturated rings. The minimum Gasteiger partial charge on any atom is -0.497 e. The summed E-state index contributed by atoms with van der Waals surface area (Å²) in [4.78, 5) is 13.4. The van der Waals surface area contributed by atoms with E-state index in [9.17, 15) is 9.18 Å². The maximum atomic E-state index is 13.6. The second-order valence-electron chi connectivity index (χ2n) is 4.48. The smallest absolute Gasteiger partial charge is 0.227 e. The zero-order valence-corrected chi connectivity index (χ0v) is 10.2. The van der Waals surface area contributed by atoms with E-state index in [0.717, 1.165) is 0 Å². The number of aliphatic hydroxyl groups excluding tert-OH is 1. The number of aliphatic hydroxyl groups is 1. The number of carbonyl (C=O) groups excluding carboxylic acids is 1. The van der Waals surface area contributed by atoms with Crippen LogP contribution in [0, 0.1) is 11.7 Å². The molecule has 0 aromatic heterocycles. The molecule has 1 aliphatic heterocycles. The van der Waals surface area contributed by atoms with Gasteiger partial charge in [0.05, 0.1) is 13.5 Å². The molecule has 0 spiro atoms. The van der Waals surface area contributed by atoms with Crippen molar-refractivity contribution in [1.29, 1.82) is 0 Å². The molecule has 1 amide bonds. The first-order valence-corrected chi connectivity index (χ1v) is 5.85. The molecule has 1 saturated heterocycles. The number of halogens is 1. The van der Waals surface area contributed by atoms with Crippen molar-refractivity contribution < 1.29 is 19.0 Å². The number of nitrogens with zero attached hydrogens (tertiary/aromatic N) is 1. The quantitative estimate of drug-likeness (QED) is 0.864. The van der Waals surface area contributed by atoms with Gasteiger partial charge in [0.25, 0.3) is 0 Å². The lowest BCUT2D eigenvalue weighted by molar-refractivity contribution is -0.137. The van der Waals surface area contributed by atoms with Crippen molar-refractivity contribution in [3.63, 3.8) is 0 Å². The number of likely N-dealkylation sites (tertiary alicyclic amines) is 1. The minimum atomic E-state index is -0.429. The highest BCUT2D eigenvalue weighted by molar-refractivity contribution is 5.79. The molecule has 1 aromatic rings. The Hall–Kier alpha value is -1.62. The third-order valence-corrected chi connectivity index (χ3v) is 3.17. The molecule has 2 rings (SSSR count). The lowest BCUT2D eigenvalue weighted by Crippen LogP contribution is -2.51. The van der Waals surface area contributed by atoms with E-state index in [0.29, 0.717) is 24.4 Å². The number of ether oxygens (including phenoxy) is 1. The number of hydrogen-bond donors (Lipinski definition) is 1. The fourth-order valence-corrected chi connectivity index (χ4v) is 1.96. The number of carbonyl (C=O) groups is 1. The number of methoxy groups -OCH3 is 1. The van der Waals surface area contributed by atoms with E-state index < -0.39 is 5.82 Å².